The van der Waals surface area contributed by atoms with E-state index in [2.05, 4.69) is 44.7 Å². The molecule has 200 valence electrons. The van der Waals surface area contributed by atoms with Crippen LogP contribution in [0.1, 0.15) is 32.7 Å². The van der Waals surface area contributed by atoms with Gasteiger partial charge < -0.3 is 20.3 Å². The lowest BCUT2D eigenvalue weighted by atomic mass is 10.1. The Morgan fingerprint density at radius 3 is 2.29 bits per heavy atom. The van der Waals surface area contributed by atoms with Gasteiger partial charge in [0.2, 0.25) is 0 Å². The molecule has 0 bridgehead atoms. The summed E-state index contributed by atoms with van der Waals surface area (Å²) < 4.78 is 5.09. The molecule has 0 unspecified atom stereocenters. The molecule has 1 fully saturated rings. The zero-order valence-electron chi connectivity index (χ0n) is 21.4. The second kappa shape index (κ2) is 13.6. The molecule has 7 nitrogen and oxygen atoms in total. The Morgan fingerprint density at radius 2 is 1.61 bits per heavy atom. The molecule has 1 saturated heterocycles. The van der Waals surface area contributed by atoms with Gasteiger partial charge in [0.15, 0.2) is 0 Å². The van der Waals surface area contributed by atoms with Crippen molar-refractivity contribution in [2.75, 3.05) is 56.7 Å². The van der Waals surface area contributed by atoms with E-state index in [0.717, 1.165) is 38.4 Å². The molecule has 1 aliphatic rings. The molecular weight excluding hydrogens is 523 g/mol. The zero-order chi connectivity index (χ0) is 26.9. The maximum atomic E-state index is 13.2. The van der Waals surface area contributed by atoms with Gasteiger partial charge in [-0.05, 0) is 48.4 Å². The highest BCUT2D eigenvalue weighted by atomic mass is 35.5. The fourth-order valence-corrected chi connectivity index (χ4v) is 4.99. The molecule has 0 spiro atoms. The number of carbonyl (C=O) groups excluding carboxylic acids is 2. The fourth-order valence-electron chi connectivity index (χ4n) is 4.46. The van der Waals surface area contributed by atoms with Crippen LogP contribution < -0.4 is 15.5 Å². The number of carbonyl (C=O) groups is 2. The van der Waals surface area contributed by atoms with Crippen molar-refractivity contribution < 1.29 is 14.3 Å². The molecule has 1 heterocycles. The van der Waals surface area contributed by atoms with E-state index in [1.54, 1.807) is 31.4 Å². The van der Waals surface area contributed by atoms with E-state index in [4.69, 9.17) is 27.9 Å². The first-order valence-corrected chi connectivity index (χ1v) is 13.4. The molecule has 0 atom stereocenters. The summed E-state index contributed by atoms with van der Waals surface area (Å²) in [6, 6.07) is 20.5. The second-order valence-electron chi connectivity index (χ2n) is 9.20. The van der Waals surface area contributed by atoms with Gasteiger partial charge in [0.05, 0.1) is 5.56 Å². The van der Waals surface area contributed by atoms with Crippen molar-refractivity contribution in [2.45, 2.75) is 13.0 Å². The molecule has 2 N–H and O–H groups in total. The number of halogens is 2. The van der Waals surface area contributed by atoms with E-state index in [-0.39, 0.29) is 11.8 Å². The first-order chi connectivity index (χ1) is 18.4. The topological polar surface area (TPSA) is 73.9 Å². The summed E-state index contributed by atoms with van der Waals surface area (Å²) in [6.45, 7) is 5.33. The Morgan fingerprint density at radius 1 is 0.895 bits per heavy atom. The lowest BCUT2D eigenvalue weighted by Gasteiger charge is -2.37. The van der Waals surface area contributed by atoms with Crippen molar-refractivity contribution in [1.82, 2.24) is 10.2 Å². The van der Waals surface area contributed by atoms with Gasteiger partial charge in [0.25, 0.3) is 11.8 Å². The number of methoxy groups -OCH3 is 1. The van der Waals surface area contributed by atoms with Gasteiger partial charge in [-0.3, -0.25) is 14.5 Å². The van der Waals surface area contributed by atoms with Gasteiger partial charge >= 0.3 is 0 Å². The smallest absolute Gasteiger partial charge is 0.255 e. The van der Waals surface area contributed by atoms with E-state index in [1.165, 1.54) is 5.56 Å². The zero-order valence-corrected chi connectivity index (χ0v) is 22.9. The Balaban J connectivity index is 1.49. The minimum atomic E-state index is -0.358. The molecule has 9 heteroatoms. The molecule has 0 saturated carbocycles. The summed E-state index contributed by atoms with van der Waals surface area (Å²) >= 11 is 12.1. The normalized spacial score (nSPS) is 13.8. The standard InChI is InChI=1S/C29H32Cl2N4O3/c1-38-15-5-10-32-29(37)26-19-25(33-28(36)22-16-23(30)18-24(31)17-22)8-9-27(26)35-13-11-34(12-14-35)20-21-6-3-2-4-7-21/h2-4,6-9,16-19H,5,10-15,20H2,1H3,(H,32,37)(H,33,36). The largest absolute Gasteiger partial charge is 0.385 e. The molecule has 38 heavy (non-hydrogen) atoms. The van der Waals surface area contributed by atoms with Gasteiger partial charge in [0, 0.05) is 80.0 Å². The van der Waals surface area contributed by atoms with Crippen LogP contribution in [-0.2, 0) is 11.3 Å². The number of ether oxygens (including phenoxy) is 1. The number of hydrogen-bond acceptors (Lipinski definition) is 5. The minimum absolute atomic E-state index is 0.190. The predicted molar refractivity (Wildman–Crippen MR) is 154 cm³/mol. The SMILES string of the molecule is COCCCNC(=O)c1cc(NC(=O)c2cc(Cl)cc(Cl)c2)ccc1N1CCN(Cc2ccccc2)CC1. The lowest BCUT2D eigenvalue weighted by Crippen LogP contribution is -2.46. The summed E-state index contributed by atoms with van der Waals surface area (Å²) in [6.07, 6.45) is 0.710. The van der Waals surface area contributed by atoms with E-state index < -0.39 is 0 Å². The van der Waals surface area contributed by atoms with Crippen LogP contribution in [0.25, 0.3) is 0 Å². The monoisotopic (exact) mass is 554 g/mol. The summed E-state index contributed by atoms with van der Waals surface area (Å²) in [5.74, 6) is -0.548. The third-order valence-corrected chi connectivity index (χ3v) is 6.83. The Hall–Kier alpha value is -3.10. The van der Waals surface area contributed by atoms with Crippen LogP contribution in [-0.4, -0.2) is 63.2 Å². The maximum absolute atomic E-state index is 13.2. The first kappa shape index (κ1) is 27.9. The maximum Gasteiger partial charge on any atom is 0.255 e. The number of rotatable bonds is 10. The molecule has 2 amide bonds. The van der Waals surface area contributed by atoms with Crippen LogP contribution in [0, 0.1) is 0 Å². The minimum Gasteiger partial charge on any atom is -0.385 e. The van der Waals surface area contributed by atoms with E-state index in [9.17, 15) is 9.59 Å². The average Bonchev–Trinajstić information content (AvgIpc) is 2.91. The van der Waals surface area contributed by atoms with Crippen LogP contribution in [0.5, 0.6) is 0 Å². The van der Waals surface area contributed by atoms with Crippen molar-refractivity contribution >= 4 is 46.4 Å². The Bertz CT molecular complexity index is 1230. The van der Waals surface area contributed by atoms with Crippen molar-refractivity contribution in [1.29, 1.82) is 0 Å². The third-order valence-electron chi connectivity index (χ3n) is 6.40. The predicted octanol–water partition coefficient (Wildman–Crippen LogP) is 5.33. The fraction of sp³-hybridized carbons (Fsp3) is 0.310. The molecule has 0 radical (unpaired) electrons. The number of anilines is 2. The van der Waals surface area contributed by atoms with Crippen molar-refractivity contribution in [2.24, 2.45) is 0 Å². The third kappa shape index (κ3) is 7.71. The van der Waals surface area contributed by atoms with Gasteiger partial charge in [-0.1, -0.05) is 53.5 Å². The number of benzene rings is 3. The molecule has 0 aliphatic carbocycles. The van der Waals surface area contributed by atoms with Crippen LogP contribution in [0.4, 0.5) is 11.4 Å². The Kier molecular flexibility index (Phi) is 10.0. The number of hydrogen-bond donors (Lipinski definition) is 2. The van der Waals surface area contributed by atoms with Crippen LogP contribution in [0.15, 0.2) is 66.7 Å². The average molecular weight is 556 g/mol. The van der Waals surface area contributed by atoms with E-state index in [1.807, 2.05) is 18.2 Å². The second-order valence-corrected chi connectivity index (χ2v) is 10.1. The number of piperazine rings is 1. The lowest BCUT2D eigenvalue weighted by molar-refractivity contribution is 0.0947. The molecule has 3 aromatic rings. The van der Waals surface area contributed by atoms with Crippen LogP contribution >= 0.6 is 23.2 Å². The van der Waals surface area contributed by atoms with Crippen molar-refractivity contribution in [3.63, 3.8) is 0 Å². The summed E-state index contributed by atoms with van der Waals surface area (Å²) in [7, 11) is 1.64. The van der Waals surface area contributed by atoms with Gasteiger partial charge in [-0.2, -0.15) is 0 Å². The molecule has 1 aliphatic heterocycles. The summed E-state index contributed by atoms with van der Waals surface area (Å²) in [5, 5.41) is 6.60. The van der Waals surface area contributed by atoms with Crippen molar-refractivity contribution in [3.8, 4) is 0 Å². The summed E-state index contributed by atoms with van der Waals surface area (Å²) in [5.41, 5.74) is 3.50. The number of nitrogens with one attached hydrogen (secondary N) is 2. The van der Waals surface area contributed by atoms with Gasteiger partial charge in [0.1, 0.15) is 0 Å². The van der Waals surface area contributed by atoms with E-state index in [0.29, 0.717) is 46.4 Å². The molecular formula is C29H32Cl2N4O3. The first-order valence-electron chi connectivity index (χ1n) is 12.6. The van der Waals surface area contributed by atoms with Gasteiger partial charge in [-0.15, -0.1) is 0 Å². The highest BCUT2D eigenvalue weighted by Crippen LogP contribution is 2.27. The highest BCUT2D eigenvalue weighted by molar-refractivity contribution is 6.35. The molecule has 4 rings (SSSR count). The quantitative estimate of drug-likeness (QED) is 0.331. The van der Waals surface area contributed by atoms with Crippen LogP contribution in [0.2, 0.25) is 10.0 Å². The van der Waals surface area contributed by atoms with Crippen molar-refractivity contribution in [3.05, 3.63) is 93.5 Å². The molecule has 0 aromatic heterocycles. The Labute approximate surface area is 233 Å². The molecule has 3 aromatic carbocycles. The number of nitrogens with zero attached hydrogens (tertiary/aromatic N) is 2. The van der Waals surface area contributed by atoms with Crippen LogP contribution in [0.3, 0.4) is 0 Å². The van der Waals surface area contributed by atoms with Gasteiger partial charge in [-0.25, -0.2) is 0 Å². The number of amides is 2. The van der Waals surface area contributed by atoms with E-state index >= 15 is 0 Å². The highest BCUT2D eigenvalue weighted by Gasteiger charge is 2.22. The summed E-state index contributed by atoms with van der Waals surface area (Å²) in [4.78, 5) is 30.7.